The van der Waals surface area contributed by atoms with Crippen LogP contribution in [-0.2, 0) is 11.2 Å². The first kappa shape index (κ1) is 22.1. The highest BCUT2D eigenvalue weighted by Crippen LogP contribution is 2.31. The van der Waals surface area contributed by atoms with E-state index in [1.54, 1.807) is 7.11 Å². The summed E-state index contributed by atoms with van der Waals surface area (Å²) in [6, 6.07) is 14.0. The number of imidazole rings is 1. The van der Waals surface area contributed by atoms with Crippen LogP contribution in [-0.4, -0.2) is 52.7 Å². The Morgan fingerprint density at radius 2 is 2.10 bits per heavy atom. The van der Waals surface area contributed by atoms with Gasteiger partial charge < -0.3 is 25.0 Å². The van der Waals surface area contributed by atoms with Crippen LogP contribution in [0.25, 0.3) is 11.0 Å². The number of nitrogens with zero attached hydrogens (tertiary/aromatic N) is 2. The zero-order valence-electron chi connectivity index (χ0n) is 17.8. The lowest BCUT2D eigenvalue weighted by atomic mass is 10.1. The monoisotopic (exact) mass is 424 g/mol. The van der Waals surface area contributed by atoms with Crippen LogP contribution in [0.4, 0.5) is 4.79 Å². The van der Waals surface area contributed by atoms with Crippen molar-refractivity contribution in [2.24, 2.45) is 0 Å². The van der Waals surface area contributed by atoms with E-state index in [1.807, 2.05) is 41.3 Å². The molecule has 31 heavy (non-hydrogen) atoms. The van der Waals surface area contributed by atoms with Crippen LogP contribution in [0.5, 0.6) is 5.75 Å². The van der Waals surface area contributed by atoms with Crippen LogP contribution in [0.2, 0.25) is 0 Å². The number of carbonyl (C=O) groups is 2. The number of fused-ring (bicyclic) bond motifs is 1. The number of methoxy groups -OCH3 is 1. The van der Waals surface area contributed by atoms with Crippen molar-refractivity contribution in [1.82, 2.24) is 20.2 Å². The smallest absolute Gasteiger partial charge is 0.318 e. The second-order valence-electron chi connectivity index (χ2n) is 7.34. The van der Waals surface area contributed by atoms with E-state index in [4.69, 9.17) is 19.6 Å². The van der Waals surface area contributed by atoms with Crippen molar-refractivity contribution < 1.29 is 19.4 Å². The van der Waals surface area contributed by atoms with Gasteiger partial charge in [-0.1, -0.05) is 30.3 Å². The summed E-state index contributed by atoms with van der Waals surface area (Å²) in [5.74, 6) is 1.73. The number of aryl methyl sites for hydroxylation is 1. The van der Waals surface area contributed by atoms with Crippen molar-refractivity contribution in [2.75, 3.05) is 20.2 Å². The molecule has 1 aromatic heterocycles. The first-order chi connectivity index (χ1) is 15.1. The van der Waals surface area contributed by atoms with E-state index < -0.39 is 0 Å². The topological polar surface area (TPSA) is 108 Å². The molecule has 0 bridgehead atoms. The number of aromatic amines is 1. The van der Waals surface area contributed by atoms with Gasteiger partial charge in [-0.25, -0.2) is 9.78 Å². The first-order valence-electron chi connectivity index (χ1n) is 10.3. The van der Waals surface area contributed by atoms with Crippen molar-refractivity contribution >= 4 is 23.5 Å². The van der Waals surface area contributed by atoms with E-state index in [0.717, 1.165) is 59.5 Å². The first-order valence-corrected chi connectivity index (χ1v) is 10.3. The van der Waals surface area contributed by atoms with E-state index in [2.05, 4.69) is 23.3 Å². The maximum Gasteiger partial charge on any atom is 0.318 e. The minimum Gasteiger partial charge on any atom is -0.496 e. The van der Waals surface area contributed by atoms with Gasteiger partial charge in [0.25, 0.3) is 6.47 Å². The fraction of sp³-hybridized carbons (Fsp3) is 0.348. The summed E-state index contributed by atoms with van der Waals surface area (Å²) in [5.41, 5.74) is 4.25. The Kier molecular flexibility index (Phi) is 7.48. The van der Waals surface area contributed by atoms with Gasteiger partial charge in [0.2, 0.25) is 0 Å². The van der Waals surface area contributed by atoms with Gasteiger partial charge in [0.15, 0.2) is 0 Å². The molecule has 4 rings (SSSR count). The fourth-order valence-corrected chi connectivity index (χ4v) is 3.96. The normalized spacial score (nSPS) is 15.3. The molecule has 1 saturated heterocycles. The second kappa shape index (κ2) is 10.5. The molecule has 0 radical (unpaired) electrons. The lowest BCUT2D eigenvalue weighted by molar-refractivity contribution is -0.122. The number of carboxylic acid groups (broad SMARTS) is 1. The third kappa shape index (κ3) is 5.14. The van der Waals surface area contributed by atoms with E-state index in [9.17, 15) is 4.79 Å². The minimum absolute atomic E-state index is 0.00180. The SMILES string of the molecule is COc1ccccc1CCNC(=O)N1CCCC1c1nc2c(C)cccc2[nH]1.O=CO. The van der Waals surface area contributed by atoms with Crippen molar-refractivity contribution in [3.8, 4) is 5.75 Å². The molecule has 0 saturated carbocycles. The number of para-hydroxylation sites is 2. The van der Waals surface area contributed by atoms with E-state index >= 15 is 0 Å². The molecule has 1 unspecified atom stereocenters. The highest BCUT2D eigenvalue weighted by Gasteiger charge is 2.32. The maximum absolute atomic E-state index is 12.8. The van der Waals surface area contributed by atoms with Gasteiger partial charge in [-0.15, -0.1) is 0 Å². The number of hydrogen-bond acceptors (Lipinski definition) is 4. The van der Waals surface area contributed by atoms with Gasteiger partial charge in [0.1, 0.15) is 11.6 Å². The van der Waals surface area contributed by atoms with E-state index in [1.165, 1.54) is 0 Å². The number of aromatic nitrogens is 2. The molecular formula is C23H28N4O4. The van der Waals surface area contributed by atoms with Gasteiger partial charge in [-0.05, 0) is 49.4 Å². The van der Waals surface area contributed by atoms with Crippen LogP contribution >= 0.6 is 0 Å². The third-order valence-electron chi connectivity index (χ3n) is 5.43. The molecule has 1 aliphatic heterocycles. The van der Waals surface area contributed by atoms with Crippen molar-refractivity contribution in [2.45, 2.75) is 32.2 Å². The van der Waals surface area contributed by atoms with Crippen molar-refractivity contribution in [3.05, 3.63) is 59.4 Å². The van der Waals surface area contributed by atoms with Crippen molar-refractivity contribution in [1.29, 1.82) is 0 Å². The number of ether oxygens (including phenoxy) is 1. The number of urea groups is 1. The maximum atomic E-state index is 12.8. The number of likely N-dealkylation sites (tertiary alicyclic amines) is 1. The number of hydrogen-bond donors (Lipinski definition) is 3. The van der Waals surface area contributed by atoms with Gasteiger partial charge >= 0.3 is 6.03 Å². The summed E-state index contributed by atoms with van der Waals surface area (Å²) in [6.07, 6.45) is 2.65. The molecule has 1 atom stereocenters. The molecule has 3 aromatic rings. The van der Waals surface area contributed by atoms with Gasteiger partial charge in [-0.3, -0.25) is 4.79 Å². The quantitative estimate of drug-likeness (QED) is 0.542. The summed E-state index contributed by atoms with van der Waals surface area (Å²) in [5, 5.41) is 9.95. The molecule has 0 aliphatic carbocycles. The van der Waals surface area contributed by atoms with E-state index in [0.29, 0.717) is 6.54 Å². The zero-order valence-corrected chi connectivity index (χ0v) is 17.8. The number of carbonyl (C=O) groups excluding carboxylic acids is 1. The Labute approximate surface area is 181 Å². The molecule has 3 N–H and O–H groups in total. The van der Waals surface area contributed by atoms with E-state index in [-0.39, 0.29) is 18.5 Å². The fourth-order valence-electron chi connectivity index (χ4n) is 3.96. The lowest BCUT2D eigenvalue weighted by Crippen LogP contribution is -2.40. The number of benzene rings is 2. The zero-order chi connectivity index (χ0) is 22.2. The minimum atomic E-state index is -0.250. The predicted octanol–water partition coefficient (Wildman–Crippen LogP) is 3.67. The summed E-state index contributed by atoms with van der Waals surface area (Å²) in [6.45, 7) is 3.13. The number of H-pyrrole nitrogens is 1. The second-order valence-corrected chi connectivity index (χ2v) is 7.34. The molecule has 2 heterocycles. The Bertz CT molecular complexity index is 1030. The molecule has 1 fully saturated rings. The Morgan fingerprint density at radius 1 is 1.32 bits per heavy atom. The van der Waals surface area contributed by atoms with Crippen LogP contribution in [0.15, 0.2) is 42.5 Å². The van der Waals surface area contributed by atoms with Crippen LogP contribution in [0.3, 0.4) is 0 Å². The van der Waals surface area contributed by atoms with Crippen LogP contribution in [0.1, 0.15) is 35.8 Å². The molecule has 2 amide bonds. The Morgan fingerprint density at radius 3 is 2.84 bits per heavy atom. The molecule has 2 aromatic carbocycles. The molecule has 8 nitrogen and oxygen atoms in total. The standard InChI is InChI=1S/C22H26N4O2.CH2O2/c1-15-7-5-9-17-20(15)25-21(24-17)18-10-6-14-26(18)22(27)23-13-12-16-8-3-4-11-19(16)28-2;2-1-3/h3-5,7-9,11,18H,6,10,12-14H2,1-2H3,(H,23,27)(H,24,25);1H,(H,2,3). The summed E-state index contributed by atoms with van der Waals surface area (Å²) in [4.78, 5) is 31.3. The largest absolute Gasteiger partial charge is 0.496 e. The van der Waals surface area contributed by atoms with Crippen LogP contribution < -0.4 is 10.1 Å². The molecular weight excluding hydrogens is 396 g/mol. The van der Waals surface area contributed by atoms with Gasteiger partial charge in [0.05, 0.1) is 24.2 Å². The average Bonchev–Trinajstić information content (AvgIpc) is 3.42. The number of rotatable bonds is 5. The lowest BCUT2D eigenvalue weighted by Gasteiger charge is -2.23. The van der Waals surface area contributed by atoms with Gasteiger partial charge in [-0.2, -0.15) is 0 Å². The third-order valence-corrected chi connectivity index (χ3v) is 5.43. The predicted molar refractivity (Wildman–Crippen MR) is 118 cm³/mol. The summed E-state index contributed by atoms with van der Waals surface area (Å²) < 4.78 is 5.38. The molecule has 1 aliphatic rings. The molecule has 164 valence electrons. The Hall–Kier alpha value is -3.55. The number of nitrogens with one attached hydrogen (secondary N) is 2. The highest BCUT2D eigenvalue weighted by molar-refractivity contribution is 5.79. The summed E-state index contributed by atoms with van der Waals surface area (Å²) in [7, 11) is 1.67. The van der Waals surface area contributed by atoms with Crippen molar-refractivity contribution in [3.63, 3.8) is 0 Å². The Balaban J connectivity index is 0.000000858. The average molecular weight is 425 g/mol. The number of amides is 2. The molecule has 8 heteroatoms. The van der Waals surface area contributed by atoms with Crippen LogP contribution in [0, 0.1) is 6.92 Å². The highest BCUT2D eigenvalue weighted by atomic mass is 16.5. The van der Waals surface area contributed by atoms with Gasteiger partial charge in [0, 0.05) is 13.1 Å². The summed E-state index contributed by atoms with van der Waals surface area (Å²) >= 11 is 0. The molecule has 0 spiro atoms.